The molecule has 3 aromatic carbocycles. The number of hydrogen-bond acceptors (Lipinski definition) is 4. The molecule has 1 atom stereocenters. The van der Waals surface area contributed by atoms with Crippen LogP contribution in [0.5, 0.6) is 5.75 Å². The van der Waals surface area contributed by atoms with Crippen LogP contribution >= 0.6 is 12.6 Å². The Kier molecular flexibility index (Phi) is 9.62. The van der Waals surface area contributed by atoms with Gasteiger partial charge in [0.05, 0.1) is 18.5 Å². The molecular formula is C29H19F9O3S. The average Bonchev–Trinajstić information content (AvgIpc) is 2.89. The molecule has 1 aliphatic rings. The Hall–Kier alpha value is -3.84. The maximum absolute atomic E-state index is 14.9. The minimum atomic E-state index is -4.70. The summed E-state index contributed by atoms with van der Waals surface area (Å²) in [5, 5.41) is -0.399. The third-order valence-electron chi connectivity index (χ3n) is 5.78. The van der Waals surface area contributed by atoms with Gasteiger partial charge in [-0.1, -0.05) is 18.2 Å². The highest BCUT2D eigenvalue weighted by atomic mass is 32.1. The summed E-state index contributed by atoms with van der Waals surface area (Å²) in [6.07, 6.45) is -0.0894. The van der Waals surface area contributed by atoms with E-state index in [0.29, 0.717) is 36.6 Å². The van der Waals surface area contributed by atoms with Crippen LogP contribution in [0, 0.1) is 34.9 Å². The Morgan fingerprint density at radius 1 is 0.786 bits per heavy atom. The first-order valence-corrected chi connectivity index (χ1v) is 12.5. The van der Waals surface area contributed by atoms with Crippen LogP contribution < -0.4 is 4.74 Å². The fourth-order valence-electron chi connectivity index (χ4n) is 3.86. The number of hydrogen-bond donors (Lipinski definition) is 1. The second kappa shape index (κ2) is 13.0. The predicted molar refractivity (Wildman–Crippen MR) is 138 cm³/mol. The summed E-state index contributed by atoms with van der Waals surface area (Å²) >= 11 is 4.20. The van der Waals surface area contributed by atoms with E-state index in [0.717, 1.165) is 18.2 Å². The zero-order chi connectivity index (χ0) is 30.6. The number of halogens is 9. The van der Waals surface area contributed by atoms with E-state index in [2.05, 4.69) is 17.4 Å². The van der Waals surface area contributed by atoms with Gasteiger partial charge >= 0.3 is 6.11 Å². The minimum absolute atomic E-state index is 0.0575. The monoisotopic (exact) mass is 618 g/mol. The molecule has 0 aliphatic carbocycles. The second-order valence-corrected chi connectivity index (χ2v) is 9.56. The van der Waals surface area contributed by atoms with Crippen LogP contribution in [0.4, 0.5) is 39.5 Å². The smallest absolute Gasteiger partial charge is 0.432 e. The number of thiol groups is 1. The fourth-order valence-corrected chi connectivity index (χ4v) is 4.05. The molecule has 1 aliphatic heterocycles. The highest BCUT2D eigenvalue weighted by molar-refractivity contribution is 7.81. The molecule has 0 saturated carbocycles. The lowest BCUT2D eigenvalue weighted by molar-refractivity contribution is -0.189. The van der Waals surface area contributed by atoms with Crippen LogP contribution in [0.3, 0.4) is 0 Å². The number of ether oxygens (including phenoxy) is 3. The largest absolute Gasteiger partial charge is 0.497 e. The quantitative estimate of drug-likeness (QED) is 0.177. The van der Waals surface area contributed by atoms with Crippen molar-refractivity contribution in [3.8, 4) is 16.9 Å². The highest BCUT2D eigenvalue weighted by Gasteiger charge is 2.41. The van der Waals surface area contributed by atoms with E-state index in [9.17, 15) is 39.5 Å². The molecule has 0 amide bonds. The Bertz CT molecular complexity index is 1520. The summed E-state index contributed by atoms with van der Waals surface area (Å²) in [5.41, 5.74) is -3.66. The summed E-state index contributed by atoms with van der Waals surface area (Å²) in [4.78, 5) is 0. The van der Waals surface area contributed by atoms with Gasteiger partial charge in [0.25, 0.3) is 0 Å². The average molecular weight is 619 g/mol. The molecule has 0 aromatic heterocycles. The molecule has 0 fully saturated rings. The van der Waals surface area contributed by atoms with Crippen molar-refractivity contribution in [2.45, 2.75) is 11.4 Å². The Morgan fingerprint density at radius 3 is 2.07 bits per heavy atom. The Morgan fingerprint density at radius 2 is 1.43 bits per heavy atom. The van der Waals surface area contributed by atoms with Crippen molar-refractivity contribution in [2.75, 3.05) is 19.8 Å². The molecule has 3 nitrogen and oxygen atoms in total. The molecule has 222 valence electrons. The molecule has 0 N–H and O–H groups in total. The van der Waals surface area contributed by atoms with E-state index in [1.165, 1.54) is 12.2 Å². The van der Waals surface area contributed by atoms with Gasteiger partial charge in [0.15, 0.2) is 23.3 Å². The van der Waals surface area contributed by atoms with Crippen molar-refractivity contribution < 1.29 is 53.7 Å². The zero-order valence-corrected chi connectivity index (χ0v) is 22.0. The third-order valence-corrected chi connectivity index (χ3v) is 6.08. The van der Waals surface area contributed by atoms with Crippen LogP contribution in [0.25, 0.3) is 16.7 Å². The lowest BCUT2D eigenvalue weighted by Gasteiger charge is -2.20. The van der Waals surface area contributed by atoms with Crippen LogP contribution in [0.2, 0.25) is 0 Å². The van der Waals surface area contributed by atoms with Crippen LogP contribution in [-0.4, -0.2) is 25.1 Å². The predicted octanol–water partition coefficient (Wildman–Crippen LogP) is 8.41. The van der Waals surface area contributed by atoms with Crippen molar-refractivity contribution >= 4 is 18.2 Å². The van der Waals surface area contributed by atoms with Gasteiger partial charge in [0.1, 0.15) is 41.6 Å². The van der Waals surface area contributed by atoms with E-state index < -0.39 is 85.7 Å². The first-order valence-electron chi connectivity index (χ1n) is 12.0. The highest BCUT2D eigenvalue weighted by Crippen LogP contribution is 2.38. The van der Waals surface area contributed by atoms with Crippen LogP contribution in [0.1, 0.15) is 11.1 Å². The van der Waals surface area contributed by atoms with Gasteiger partial charge in [0.2, 0.25) is 0 Å². The van der Waals surface area contributed by atoms with Crippen molar-refractivity contribution in [1.82, 2.24) is 0 Å². The summed E-state index contributed by atoms with van der Waals surface area (Å²) in [6, 6.07) is 3.80. The molecule has 1 heterocycles. The molecule has 42 heavy (non-hydrogen) atoms. The zero-order valence-electron chi connectivity index (χ0n) is 21.1. The number of benzene rings is 3. The second-order valence-electron chi connectivity index (χ2n) is 8.83. The van der Waals surface area contributed by atoms with E-state index in [1.807, 2.05) is 0 Å². The maximum Gasteiger partial charge on any atom is 0.432 e. The topological polar surface area (TPSA) is 27.7 Å². The maximum atomic E-state index is 14.9. The minimum Gasteiger partial charge on any atom is -0.497 e. The molecule has 13 heteroatoms. The molecule has 1 unspecified atom stereocenters. The van der Waals surface area contributed by atoms with Crippen molar-refractivity contribution in [3.63, 3.8) is 0 Å². The van der Waals surface area contributed by atoms with E-state index in [1.54, 1.807) is 0 Å². The number of rotatable bonds is 5. The molecule has 4 rings (SSSR count). The molecule has 0 spiro atoms. The lowest BCUT2D eigenvalue weighted by Crippen LogP contribution is -2.25. The number of allylic oxidation sites excluding steroid dienone is 4. The first kappa shape index (κ1) is 31.1. The van der Waals surface area contributed by atoms with Gasteiger partial charge in [-0.15, -0.1) is 0 Å². The molecule has 0 radical (unpaired) electrons. The van der Waals surface area contributed by atoms with Crippen LogP contribution in [0.15, 0.2) is 72.8 Å². The van der Waals surface area contributed by atoms with Gasteiger partial charge < -0.3 is 14.2 Å². The normalized spacial score (nSPS) is 19.8. The van der Waals surface area contributed by atoms with Crippen LogP contribution in [-0.2, 0) is 15.6 Å². The number of alkyl halides is 2. The summed E-state index contributed by atoms with van der Waals surface area (Å²) in [6.45, 7) is 0.257. The SMILES string of the molecule is FC1=C/OCC(S)COC/C=C/C=C\1c1cc(F)c(C(F)(F)Oc2ccc(-c3cc(F)c(F)c(F)c3)c(F)c2)c(F)c1. The summed E-state index contributed by atoms with van der Waals surface area (Å²) in [7, 11) is 0. The lowest BCUT2D eigenvalue weighted by atomic mass is 10.0. The first-order chi connectivity index (χ1) is 19.9. The summed E-state index contributed by atoms with van der Waals surface area (Å²) in [5.74, 6) is -11.9. The van der Waals surface area contributed by atoms with Gasteiger partial charge in [-0.25, -0.2) is 30.7 Å². The van der Waals surface area contributed by atoms with Gasteiger partial charge in [-0.3, -0.25) is 0 Å². The fraction of sp³-hybridized carbons (Fsp3) is 0.172. The van der Waals surface area contributed by atoms with Gasteiger partial charge in [-0.05, 0) is 47.5 Å². The van der Waals surface area contributed by atoms with E-state index >= 15 is 0 Å². The van der Waals surface area contributed by atoms with E-state index in [4.69, 9.17) is 9.47 Å². The molecule has 3 aromatic rings. The molecule has 0 saturated heterocycles. The van der Waals surface area contributed by atoms with Crippen molar-refractivity contribution in [1.29, 1.82) is 0 Å². The van der Waals surface area contributed by atoms with Gasteiger partial charge in [0, 0.05) is 17.2 Å². The Labute approximate surface area is 238 Å². The summed E-state index contributed by atoms with van der Waals surface area (Å²) < 4.78 is 144. The third kappa shape index (κ3) is 7.13. The van der Waals surface area contributed by atoms with E-state index in [-0.39, 0.29) is 19.8 Å². The standard InChI is InChI=1S/C29H19F9O3S/c30-21-11-17(4-5-20(21)16-9-24(33)28(36)25(34)10-16)41-29(37,38)27-22(31)7-15(8-23(27)32)19-3-1-2-6-39-12-18(42)13-40-14-26(19)35/h1-5,7-11,14,18,42H,6,12-13H2/b2-1+,19-3-,26-14+. The molecular weight excluding hydrogens is 599 g/mol. The Balaban J connectivity index is 1.63. The molecule has 0 bridgehead atoms. The van der Waals surface area contributed by atoms with Crippen molar-refractivity contribution in [2.24, 2.45) is 0 Å². The van der Waals surface area contributed by atoms with Crippen molar-refractivity contribution in [3.05, 3.63) is 119 Å². The van der Waals surface area contributed by atoms with Gasteiger partial charge in [-0.2, -0.15) is 21.4 Å².